The molecule has 22 heavy (non-hydrogen) atoms. The second kappa shape index (κ2) is 5.02. The van der Waals surface area contributed by atoms with Crippen molar-refractivity contribution in [3.05, 3.63) is 65.2 Å². The molecular weight excluding hydrogens is 270 g/mol. The second-order valence-electron chi connectivity index (χ2n) is 5.97. The summed E-state index contributed by atoms with van der Waals surface area (Å²) in [5.41, 5.74) is 7.26. The highest BCUT2D eigenvalue weighted by atomic mass is 15.3. The molecule has 3 heteroatoms. The Hall–Kier alpha value is -2.55. The highest BCUT2D eigenvalue weighted by Crippen LogP contribution is 2.34. The lowest BCUT2D eigenvalue weighted by atomic mass is 10.0. The Labute approximate surface area is 130 Å². The molecule has 4 rings (SSSR count). The number of aromatic nitrogens is 2. The smallest absolute Gasteiger partial charge is 0.133 e. The van der Waals surface area contributed by atoms with Crippen LogP contribution in [-0.4, -0.2) is 16.3 Å². The average Bonchev–Trinajstić information content (AvgIpc) is 3.10. The summed E-state index contributed by atoms with van der Waals surface area (Å²) in [6.45, 7) is 5.21. The maximum atomic E-state index is 4.90. The highest BCUT2D eigenvalue weighted by Gasteiger charge is 2.23. The van der Waals surface area contributed by atoms with Crippen LogP contribution in [0.15, 0.2) is 48.5 Å². The Balaban J connectivity index is 1.88. The molecule has 2 aromatic carbocycles. The number of benzene rings is 2. The van der Waals surface area contributed by atoms with E-state index in [0.717, 1.165) is 30.2 Å². The molecule has 1 aliphatic rings. The normalized spacial score (nSPS) is 13.0. The molecule has 0 spiro atoms. The summed E-state index contributed by atoms with van der Waals surface area (Å²) in [4.78, 5) is 0. The molecule has 2 heterocycles. The molecule has 0 unspecified atom stereocenters. The van der Waals surface area contributed by atoms with Crippen molar-refractivity contribution in [2.45, 2.75) is 20.3 Å². The molecule has 3 aromatic rings. The Morgan fingerprint density at radius 3 is 2.59 bits per heavy atom. The van der Waals surface area contributed by atoms with E-state index in [1.54, 1.807) is 0 Å². The average molecular weight is 289 g/mol. The van der Waals surface area contributed by atoms with E-state index in [0.29, 0.717) is 0 Å². The van der Waals surface area contributed by atoms with Gasteiger partial charge in [-0.15, -0.1) is 0 Å². The molecule has 3 nitrogen and oxygen atoms in total. The zero-order valence-electron chi connectivity index (χ0n) is 12.9. The molecule has 0 amide bonds. The van der Waals surface area contributed by atoms with Crippen molar-refractivity contribution < 1.29 is 0 Å². The number of nitrogens with one attached hydrogen (secondary N) is 1. The summed E-state index contributed by atoms with van der Waals surface area (Å²) in [6.07, 6.45) is 1.03. The summed E-state index contributed by atoms with van der Waals surface area (Å²) < 4.78 is 2.04. The number of hydrogen-bond acceptors (Lipinski definition) is 2. The van der Waals surface area contributed by atoms with Crippen molar-refractivity contribution in [1.29, 1.82) is 0 Å². The van der Waals surface area contributed by atoms with Crippen LogP contribution >= 0.6 is 0 Å². The summed E-state index contributed by atoms with van der Waals surface area (Å²) in [7, 11) is 0. The van der Waals surface area contributed by atoms with Gasteiger partial charge in [-0.1, -0.05) is 41.5 Å². The molecule has 1 N–H and O–H groups in total. The van der Waals surface area contributed by atoms with Crippen molar-refractivity contribution in [3.63, 3.8) is 0 Å². The monoisotopic (exact) mass is 289 g/mol. The molecular formula is C19H19N3. The van der Waals surface area contributed by atoms with Crippen molar-refractivity contribution in [2.75, 3.05) is 11.9 Å². The van der Waals surface area contributed by atoms with Crippen LogP contribution in [0.3, 0.4) is 0 Å². The molecule has 0 aliphatic carbocycles. The first-order valence-electron chi connectivity index (χ1n) is 7.72. The molecule has 0 fully saturated rings. The Kier molecular flexibility index (Phi) is 3.00. The van der Waals surface area contributed by atoms with Crippen LogP contribution in [0.5, 0.6) is 0 Å². The van der Waals surface area contributed by atoms with Gasteiger partial charge < -0.3 is 5.32 Å². The Morgan fingerprint density at radius 2 is 1.82 bits per heavy atom. The predicted octanol–water partition coefficient (Wildman–Crippen LogP) is 4.12. The minimum Gasteiger partial charge on any atom is -0.369 e. The lowest BCUT2D eigenvalue weighted by Gasteiger charge is -2.06. The minimum absolute atomic E-state index is 0.984. The summed E-state index contributed by atoms with van der Waals surface area (Å²) >= 11 is 0. The van der Waals surface area contributed by atoms with Crippen molar-refractivity contribution in [3.8, 4) is 16.9 Å². The van der Waals surface area contributed by atoms with Crippen LogP contribution in [0.25, 0.3) is 16.9 Å². The Bertz CT molecular complexity index is 828. The fraction of sp³-hybridized carbons (Fsp3) is 0.211. The topological polar surface area (TPSA) is 29.9 Å². The fourth-order valence-corrected chi connectivity index (χ4v) is 3.07. The molecule has 0 atom stereocenters. The number of anilines is 1. The van der Waals surface area contributed by atoms with E-state index in [2.05, 4.69) is 67.7 Å². The molecule has 110 valence electrons. The van der Waals surface area contributed by atoms with Gasteiger partial charge in [0.1, 0.15) is 5.82 Å². The van der Waals surface area contributed by atoms with Gasteiger partial charge in [0, 0.05) is 17.7 Å². The third kappa shape index (κ3) is 2.10. The van der Waals surface area contributed by atoms with Gasteiger partial charge in [-0.25, -0.2) is 4.68 Å². The summed E-state index contributed by atoms with van der Waals surface area (Å²) in [5.74, 6) is 1.14. The number of nitrogens with zero attached hydrogens (tertiary/aromatic N) is 2. The van der Waals surface area contributed by atoms with Gasteiger partial charge in [0.15, 0.2) is 0 Å². The van der Waals surface area contributed by atoms with E-state index < -0.39 is 0 Å². The van der Waals surface area contributed by atoms with Gasteiger partial charge in [0.25, 0.3) is 0 Å². The van der Waals surface area contributed by atoms with Crippen LogP contribution < -0.4 is 5.32 Å². The predicted molar refractivity (Wildman–Crippen MR) is 90.7 cm³/mol. The van der Waals surface area contributed by atoms with Crippen LogP contribution in [0.2, 0.25) is 0 Å². The quantitative estimate of drug-likeness (QED) is 0.769. The van der Waals surface area contributed by atoms with E-state index in [1.807, 2.05) is 4.68 Å². The third-order valence-corrected chi connectivity index (χ3v) is 4.22. The molecule has 0 bridgehead atoms. The van der Waals surface area contributed by atoms with Gasteiger partial charge in [0.2, 0.25) is 0 Å². The number of aryl methyl sites for hydroxylation is 2. The van der Waals surface area contributed by atoms with E-state index in [4.69, 9.17) is 5.10 Å². The summed E-state index contributed by atoms with van der Waals surface area (Å²) in [5, 5.41) is 8.38. The minimum atomic E-state index is 0.984. The van der Waals surface area contributed by atoms with E-state index >= 15 is 0 Å². The lowest BCUT2D eigenvalue weighted by Crippen LogP contribution is -2.04. The maximum absolute atomic E-state index is 4.90. The van der Waals surface area contributed by atoms with Crippen molar-refractivity contribution in [2.24, 2.45) is 0 Å². The summed E-state index contributed by atoms with van der Waals surface area (Å²) in [6, 6.07) is 17.1. The molecule has 0 radical (unpaired) electrons. The SMILES string of the molecule is Cc1ccc(-n2nc(-c3cccc(C)c3)c3c2NCC3)cc1. The molecule has 0 saturated carbocycles. The van der Waals surface area contributed by atoms with Crippen LogP contribution in [0, 0.1) is 13.8 Å². The van der Waals surface area contributed by atoms with E-state index in [9.17, 15) is 0 Å². The van der Waals surface area contributed by atoms with Gasteiger partial charge in [0.05, 0.1) is 11.4 Å². The molecule has 1 aliphatic heterocycles. The first-order valence-corrected chi connectivity index (χ1v) is 7.72. The van der Waals surface area contributed by atoms with Gasteiger partial charge in [-0.2, -0.15) is 5.10 Å². The molecule has 0 saturated heterocycles. The second-order valence-corrected chi connectivity index (χ2v) is 5.97. The van der Waals surface area contributed by atoms with Gasteiger partial charge >= 0.3 is 0 Å². The largest absolute Gasteiger partial charge is 0.369 e. The van der Waals surface area contributed by atoms with E-state index in [1.165, 1.54) is 22.3 Å². The zero-order chi connectivity index (χ0) is 15.1. The number of fused-ring (bicyclic) bond motifs is 1. The standard InChI is InChI=1S/C19H19N3/c1-13-6-8-16(9-7-13)22-19-17(10-11-20-19)18(21-22)15-5-3-4-14(2)12-15/h3-9,12,20H,10-11H2,1-2H3. The third-order valence-electron chi connectivity index (χ3n) is 4.22. The van der Waals surface area contributed by atoms with Crippen molar-refractivity contribution in [1.82, 2.24) is 9.78 Å². The van der Waals surface area contributed by atoms with Gasteiger partial charge in [-0.05, 0) is 38.5 Å². The highest BCUT2D eigenvalue weighted by molar-refractivity contribution is 5.73. The molecule has 1 aromatic heterocycles. The van der Waals surface area contributed by atoms with Crippen LogP contribution in [0.4, 0.5) is 5.82 Å². The zero-order valence-corrected chi connectivity index (χ0v) is 12.9. The first kappa shape index (κ1) is 13.1. The number of rotatable bonds is 2. The van der Waals surface area contributed by atoms with E-state index in [-0.39, 0.29) is 0 Å². The fourth-order valence-electron chi connectivity index (χ4n) is 3.07. The Morgan fingerprint density at radius 1 is 1.00 bits per heavy atom. The maximum Gasteiger partial charge on any atom is 0.133 e. The first-order chi connectivity index (χ1) is 10.7. The van der Waals surface area contributed by atoms with Gasteiger partial charge in [-0.3, -0.25) is 0 Å². The van der Waals surface area contributed by atoms with Crippen LogP contribution in [-0.2, 0) is 6.42 Å². The lowest BCUT2D eigenvalue weighted by molar-refractivity contribution is 0.882. The van der Waals surface area contributed by atoms with Crippen molar-refractivity contribution >= 4 is 5.82 Å². The number of hydrogen-bond donors (Lipinski definition) is 1. The van der Waals surface area contributed by atoms with Crippen LogP contribution in [0.1, 0.15) is 16.7 Å².